The molecule has 1 aliphatic heterocycles. The molecule has 0 aromatic carbocycles. The van der Waals surface area contributed by atoms with Gasteiger partial charge in [0.05, 0.1) is 0 Å². The van der Waals surface area contributed by atoms with Gasteiger partial charge in [-0.2, -0.15) is 0 Å². The number of hydrogen-bond acceptors (Lipinski definition) is 3. The maximum atomic E-state index is 12.1. The molecule has 0 aliphatic carbocycles. The Hall–Kier alpha value is -0.610. The number of primary amides is 1. The summed E-state index contributed by atoms with van der Waals surface area (Å²) in [6, 6.07) is 0. The largest absolute Gasteiger partial charge is 0.368 e. The highest BCUT2D eigenvalue weighted by Gasteiger charge is 2.41. The van der Waals surface area contributed by atoms with E-state index in [1.165, 1.54) is 0 Å². The zero-order chi connectivity index (χ0) is 13.6. The standard InChI is InChI=1S/C14H29N3O/c1-4-12(3)11-14(5-2,13(15)18)17-9-6-7-16-8-10-17/h12,16H,4-11H2,1-3H3,(H2,15,18). The van der Waals surface area contributed by atoms with Crippen molar-refractivity contribution in [2.24, 2.45) is 11.7 Å². The highest BCUT2D eigenvalue weighted by atomic mass is 16.1. The fourth-order valence-electron chi connectivity index (χ4n) is 2.92. The van der Waals surface area contributed by atoms with Gasteiger partial charge in [0.25, 0.3) is 0 Å². The lowest BCUT2D eigenvalue weighted by Crippen LogP contribution is -2.58. The van der Waals surface area contributed by atoms with Gasteiger partial charge in [0, 0.05) is 19.6 Å². The third kappa shape index (κ3) is 3.45. The molecule has 106 valence electrons. The Morgan fingerprint density at radius 2 is 2.11 bits per heavy atom. The minimum Gasteiger partial charge on any atom is -0.368 e. The molecule has 0 bridgehead atoms. The maximum Gasteiger partial charge on any atom is 0.237 e. The predicted molar refractivity (Wildman–Crippen MR) is 75.3 cm³/mol. The van der Waals surface area contributed by atoms with Crippen molar-refractivity contribution in [3.8, 4) is 0 Å². The smallest absolute Gasteiger partial charge is 0.237 e. The molecule has 0 radical (unpaired) electrons. The van der Waals surface area contributed by atoms with E-state index in [2.05, 4.69) is 31.0 Å². The van der Waals surface area contributed by atoms with Gasteiger partial charge in [0.15, 0.2) is 0 Å². The second-order valence-corrected chi connectivity index (χ2v) is 5.56. The molecule has 1 heterocycles. The number of nitrogens with zero attached hydrogens (tertiary/aromatic N) is 1. The third-order valence-electron chi connectivity index (χ3n) is 4.37. The van der Waals surface area contributed by atoms with Gasteiger partial charge in [-0.3, -0.25) is 9.69 Å². The van der Waals surface area contributed by atoms with Crippen molar-refractivity contribution < 1.29 is 4.79 Å². The normalized spacial score (nSPS) is 23.1. The van der Waals surface area contributed by atoms with Crippen LogP contribution in [0.1, 0.15) is 46.5 Å². The quantitative estimate of drug-likeness (QED) is 0.753. The molecule has 0 saturated carbocycles. The summed E-state index contributed by atoms with van der Waals surface area (Å²) in [5.74, 6) is 0.390. The van der Waals surface area contributed by atoms with E-state index < -0.39 is 5.54 Å². The molecule has 1 amide bonds. The van der Waals surface area contributed by atoms with E-state index >= 15 is 0 Å². The predicted octanol–water partition coefficient (Wildman–Crippen LogP) is 1.35. The molecular weight excluding hydrogens is 226 g/mol. The number of nitrogens with two attached hydrogens (primary N) is 1. The third-order valence-corrected chi connectivity index (χ3v) is 4.37. The Kier molecular flexibility index (Phi) is 6.09. The zero-order valence-corrected chi connectivity index (χ0v) is 12.2. The topological polar surface area (TPSA) is 58.4 Å². The van der Waals surface area contributed by atoms with Crippen LogP contribution in [-0.4, -0.2) is 42.5 Å². The number of hydrogen-bond donors (Lipinski definition) is 2. The van der Waals surface area contributed by atoms with Crippen LogP contribution < -0.4 is 11.1 Å². The number of nitrogens with one attached hydrogen (secondary N) is 1. The fraction of sp³-hybridized carbons (Fsp3) is 0.929. The second-order valence-electron chi connectivity index (χ2n) is 5.56. The van der Waals surface area contributed by atoms with Crippen molar-refractivity contribution in [3.05, 3.63) is 0 Å². The van der Waals surface area contributed by atoms with Crippen LogP contribution in [0.15, 0.2) is 0 Å². The summed E-state index contributed by atoms with van der Waals surface area (Å²) in [7, 11) is 0. The van der Waals surface area contributed by atoms with Crippen LogP contribution in [0.4, 0.5) is 0 Å². The number of carbonyl (C=O) groups is 1. The van der Waals surface area contributed by atoms with Crippen molar-refractivity contribution in [2.75, 3.05) is 26.2 Å². The summed E-state index contributed by atoms with van der Waals surface area (Å²) in [4.78, 5) is 14.4. The van der Waals surface area contributed by atoms with Crippen LogP contribution >= 0.6 is 0 Å². The van der Waals surface area contributed by atoms with Gasteiger partial charge >= 0.3 is 0 Å². The first-order valence-electron chi connectivity index (χ1n) is 7.32. The van der Waals surface area contributed by atoms with Gasteiger partial charge in [-0.1, -0.05) is 27.2 Å². The summed E-state index contributed by atoms with van der Waals surface area (Å²) >= 11 is 0. The van der Waals surface area contributed by atoms with E-state index in [4.69, 9.17) is 5.73 Å². The van der Waals surface area contributed by atoms with Gasteiger partial charge in [0.2, 0.25) is 5.91 Å². The second kappa shape index (κ2) is 7.10. The Morgan fingerprint density at radius 1 is 1.39 bits per heavy atom. The molecular formula is C14H29N3O. The molecule has 2 atom stereocenters. The summed E-state index contributed by atoms with van der Waals surface area (Å²) in [6.07, 6.45) is 3.89. The molecule has 4 heteroatoms. The van der Waals surface area contributed by atoms with E-state index in [0.717, 1.165) is 51.9 Å². The van der Waals surface area contributed by atoms with Crippen molar-refractivity contribution in [1.82, 2.24) is 10.2 Å². The van der Waals surface area contributed by atoms with Crippen LogP contribution in [0.25, 0.3) is 0 Å². The van der Waals surface area contributed by atoms with Crippen molar-refractivity contribution in [1.29, 1.82) is 0 Å². The highest BCUT2D eigenvalue weighted by Crippen LogP contribution is 2.29. The zero-order valence-electron chi connectivity index (χ0n) is 12.2. The molecule has 2 unspecified atom stereocenters. The number of carbonyl (C=O) groups excluding carboxylic acids is 1. The lowest BCUT2D eigenvalue weighted by molar-refractivity contribution is -0.132. The van der Waals surface area contributed by atoms with Gasteiger partial charge in [-0.15, -0.1) is 0 Å². The minimum atomic E-state index is -0.443. The molecule has 1 aliphatic rings. The summed E-state index contributed by atoms with van der Waals surface area (Å²) < 4.78 is 0. The van der Waals surface area contributed by atoms with E-state index in [1.54, 1.807) is 0 Å². The van der Waals surface area contributed by atoms with Gasteiger partial charge in [0.1, 0.15) is 5.54 Å². The molecule has 0 aromatic rings. The monoisotopic (exact) mass is 255 g/mol. The molecule has 0 aromatic heterocycles. The average Bonchev–Trinajstić information content (AvgIpc) is 2.64. The number of rotatable bonds is 6. The van der Waals surface area contributed by atoms with E-state index in [9.17, 15) is 4.79 Å². The Bertz CT molecular complexity index is 262. The molecule has 18 heavy (non-hydrogen) atoms. The summed E-state index contributed by atoms with van der Waals surface area (Å²) in [6.45, 7) is 10.4. The summed E-state index contributed by atoms with van der Waals surface area (Å²) in [5.41, 5.74) is 5.32. The van der Waals surface area contributed by atoms with Gasteiger partial charge in [-0.05, 0) is 31.7 Å². The van der Waals surface area contributed by atoms with E-state index in [0.29, 0.717) is 5.92 Å². The SMILES string of the molecule is CCC(C)CC(CC)(C(N)=O)N1CCCNCC1. The van der Waals surface area contributed by atoms with Crippen LogP contribution in [0.5, 0.6) is 0 Å². The highest BCUT2D eigenvalue weighted by molar-refractivity contribution is 5.84. The lowest BCUT2D eigenvalue weighted by Gasteiger charge is -2.42. The Labute approximate surface area is 111 Å². The van der Waals surface area contributed by atoms with E-state index in [-0.39, 0.29) is 5.91 Å². The van der Waals surface area contributed by atoms with Gasteiger partial charge in [-0.25, -0.2) is 0 Å². The molecule has 3 N–H and O–H groups in total. The molecule has 4 nitrogen and oxygen atoms in total. The van der Waals surface area contributed by atoms with E-state index in [1.807, 2.05) is 0 Å². The Morgan fingerprint density at radius 3 is 2.67 bits per heavy atom. The van der Waals surface area contributed by atoms with Crippen molar-refractivity contribution in [3.63, 3.8) is 0 Å². The maximum absolute atomic E-state index is 12.1. The number of amides is 1. The van der Waals surface area contributed by atoms with Crippen molar-refractivity contribution >= 4 is 5.91 Å². The molecule has 0 spiro atoms. The van der Waals surface area contributed by atoms with Crippen molar-refractivity contribution in [2.45, 2.75) is 52.0 Å². The van der Waals surface area contributed by atoms with Crippen LogP contribution in [0, 0.1) is 5.92 Å². The minimum absolute atomic E-state index is 0.146. The first-order valence-corrected chi connectivity index (χ1v) is 7.32. The summed E-state index contributed by atoms with van der Waals surface area (Å²) in [5, 5.41) is 3.39. The fourth-order valence-corrected chi connectivity index (χ4v) is 2.92. The lowest BCUT2D eigenvalue weighted by atomic mass is 9.82. The first kappa shape index (κ1) is 15.4. The molecule has 1 fully saturated rings. The first-order chi connectivity index (χ1) is 8.56. The average molecular weight is 255 g/mol. The van der Waals surface area contributed by atoms with Gasteiger partial charge < -0.3 is 11.1 Å². The van der Waals surface area contributed by atoms with Crippen LogP contribution in [0.2, 0.25) is 0 Å². The molecule has 1 saturated heterocycles. The Balaban J connectivity index is 2.89. The van der Waals surface area contributed by atoms with Crippen LogP contribution in [0.3, 0.4) is 0 Å². The molecule has 1 rings (SSSR count). The van der Waals surface area contributed by atoms with Crippen LogP contribution in [-0.2, 0) is 4.79 Å².